The number of benzene rings is 1. The first kappa shape index (κ1) is 17.3. The highest BCUT2D eigenvalue weighted by Gasteiger charge is 2.31. The number of aliphatic hydroxyl groups is 1. The molecular weight excluding hydrogens is 307 g/mol. The van der Waals surface area contributed by atoms with Gasteiger partial charge in [-0.3, -0.25) is 4.79 Å². The molecule has 4 nitrogen and oxygen atoms in total. The average Bonchev–Trinajstić information content (AvgIpc) is 2.39. The van der Waals surface area contributed by atoms with Gasteiger partial charge in [0.25, 0.3) is 0 Å². The lowest BCUT2D eigenvalue weighted by Crippen LogP contribution is -2.12. The quantitative estimate of drug-likeness (QED) is 0.667. The second-order valence-electron chi connectivity index (χ2n) is 3.87. The van der Waals surface area contributed by atoms with Gasteiger partial charge in [-0.15, -0.1) is 0 Å². The Kier molecular flexibility index (Phi) is 6.05. The number of hydrogen-bond acceptors (Lipinski definition) is 5. The van der Waals surface area contributed by atoms with E-state index in [2.05, 4.69) is 0 Å². The lowest BCUT2D eigenvalue weighted by molar-refractivity contribution is -0.142. The van der Waals surface area contributed by atoms with Crippen molar-refractivity contribution in [1.82, 2.24) is 0 Å². The number of nitriles is 1. The third kappa shape index (κ3) is 4.95. The molecule has 0 atom stereocenters. The molecule has 0 radical (unpaired) electrons. The number of hydrogen-bond donors (Lipinski definition) is 1. The number of halogens is 3. The van der Waals surface area contributed by atoms with E-state index in [9.17, 15) is 23.1 Å². The van der Waals surface area contributed by atoms with E-state index in [1.54, 1.807) is 13.0 Å². The Morgan fingerprint density at radius 2 is 2.10 bits per heavy atom. The molecule has 0 saturated carbocycles. The van der Waals surface area contributed by atoms with Crippen LogP contribution in [0.15, 0.2) is 17.0 Å². The highest BCUT2D eigenvalue weighted by atomic mass is 32.2. The van der Waals surface area contributed by atoms with Gasteiger partial charge < -0.3 is 9.84 Å². The number of rotatable bonds is 5. The number of alkyl halides is 3. The second kappa shape index (κ2) is 7.33. The van der Waals surface area contributed by atoms with Gasteiger partial charge in [0.15, 0.2) is 0 Å². The van der Waals surface area contributed by atoms with E-state index >= 15 is 0 Å². The van der Waals surface area contributed by atoms with E-state index in [1.807, 2.05) is 0 Å². The summed E-state index contributed by atoms with van der Waals surface area (Å²) in [6, 6.07) is 4.08. The number of ether oxygens (including phenoxy) is 1. The molecular formula is C13H12F3NO3S. The van der Waals surface area contributed by atoms with Gasteiger partial charge in [0.2, 0.25) is 0 Å². The molecule has 0 fully saturated rings. The van der Waals surface area contributed by atoms with Gasteiger partial charge in [-0.1, -0.05) is 0 Å². The molecule has 0 heterocycles. The fraction of sp³-hybridized carbons (Fsp3) is 0.385. The van der Waals surface area contributed by atoms with Gasteiger partial charge in [0, 0.05) is 10.5 Å². The summed E-state index contributed by atoms with van der Waals surface area (Å²) in [5, 5.41) is 18.2. The van der Waals surface area contributed by atoms with E-state index in [0.717, 1.165) is 6.07 Å². The maximum Gasteiger partial charge on any atom is 0.446 e. The molecule has 0 amide bonds. The van der Waals surface area contributed by atoms with Crippen LogP contribution in [0.4, 0.5) is 13.2 Å². The van der Waals surface area contributed by atoms with Crippen LogP contribution >= 0.6 is 11.8 Å². The number of nitrogens with zero attached hydrogens (tertiary/aromatic N) is 1. The summed E-state index contributed by atoms with van der Waals surface area (Å²) in [5.41, 5.74) is -4.52. The molecule has 0 unspecified atom stereocenters. The summed E-state index contributed by atoms with van der Waals surface area (Å²) in [6.45, 7) is 1.03. The molecule has 0 aromatic heterocycles. The van der Waals surface area contributed by atoms with Crippen LogP contribution in [-0.4, -0.2) is 23.2 Å². The monoisotopic (exact) mass is 319 g/mol. The van der Waals surface area contributed by atoms with Crippen molar-refractivity contribution in [3.8, 4) is 6.07 Å². The van der Waals surface area contributed by atoms with Gasteiger partial charge in [0.05, 0.1) is 31.3 Å². The highest BCUT2D eigenvalue weighted by molar-refractivity contribution is 8.00. The van der Waals surface area contributed by atoms with Crippen LogP contribution in [0.5, 0.6) is 0 Å². The van der Waals surface area contributed by atoms with Gasteiger partial charge in [-0.2, -0.15) is 18.4 Å². The summed E-state index contributed by atoms with van der Waals surface area (Å²) in [6.07, 6.45) is -0.433. The lowest BCUT2D eigenvalue weighted by Gasteiger charge is -2.15. The van der Waals surface area contributed by atoms with E-state index in [0.29, 0.717) is 0 Å². The first-order chi connectivity index (χ1) is 9.82. The fourth-order valence-corrected chi connectivity index (χ4v) is 2.43. The fourth-order valence-electron chi connectivity index (χ4n) is 1.73. The van der Waals surface area contributed by atoms with Crippen molar-refractivity contribution in [2.24, 2.45) is 0 Å². The Bertz CT molecular complexity index is 567. The molecule has 1 N–H and O–H groups in total. The Balaban J connectivity index is 3.30. The van der Waals surface area contributed by atoms with Gasteiger partial charge in [-0.25, -0.2) is 0 Å². The molecule has 1 aromatic rings. The molecule has 0 aliphatic carbocycles. The molecule has 0 spiro atoms. The Morgan fingerprint density at radius 1 is 1.43 bits per heavy atom. The molecule has 1 rings (SSSR count). The van der Waals surface area contributed by atoms with Crippen molar-refractivity contribution >= 4 is 17.7 Å². The van der Waals surface area contributed by atoms with Crippen molar-refractivity contribution in [3.05, 3.63) is 28.8 Å². The summed E-state index contributed by atoms with van der Waals surface area (Å²) in [4.78, 5) is 11.3. The first-order valence-corrected chi connectivity index (χ1v) is 6.71. The van der Waals surface area contributed by atoms with Crippen LogP contribution in [0.1, 0.15) is 23.6 Å². The lowest BCUT2D eigenvalue weighted by atomic mass is 10.00. The van der Waals surface area contributed by atoms with Crippen LogP contribution in [0.25, 0.3) is 0 Å². The van der Waals surface area contributed by atoms with Crippen molar-refractivity contribution in [3.63, 3.8) is 0 Å². The largest absolute Gasteiger partial charge is 0.466 e. The summed E-state index contributed by atoms with van der Waals surface area (Å²) in [5.74, 6) is -0.716. The van der Waals surface area contributed by atoms with E-state index < -0.39 is 36.3 Å². The van der Waals surface area contributed by atoms with Crippen molar-refractivity contribution in [2.75, 3.05) is 6.61 Å². The van der Waals surface area contributed by atoms with Gasteiger partial charge in [-0.05, 0) is 36.4 Å². The minimum absolute atomic E-state index is 0.0137. The molecule has 114 valence electrons. The third-order valence-electron chi connectivity index (χ3n) is 2.52. The SMILES string of the molecule is CCOC(=O)Cc1c(SC(F)(F)F)ccc(C#N)c1CO. The van der Waals surface area contributed by atoms with Crippen molar-refractivity contribution < 1.29 is 27.8 Å². The zero-order chi connectivity index (χ0) is 16.0. The summed E-state index contributed by atoms with van der Waals surface area (Å²) in [7, 11) is 0. The van der Waals surface area contributed by atoms with E-state index in [1.165, 1.54) is 6.07 Å². The molecule has 1 aromatic carbocycles. The Labute approximate surface area is 123 Å². The summed E-state index contributed by atoms with van der Waals surface area (Å²) >= 11 is -0.392. The minimum Gasteiger partial charge on any atom is -0.466 e. The number of thioether (sulfide) groups is 1. The topological polar surface area (TPSA) is 70.3 Å². The minimum atomic E-state index is -4.54. The first-order valence-electron chi connectivity index (χ1n) is 5.89. The van der Waals surface area contributed by atoms with Crippen molar-refractivity contribution in [1.29, 1.82) is 5.26 Å². The molecule has 0 aliphatic rings. The Morgan fingerprint density at radius 3 is 2.57 bits per heavy atom. The normalized spacial score (nSPS) is 11.0. The number of aliphatic hydroxyl groups excluding tert-OH is 1. The van der Waals surface area contributed by atoms with Gasteiger partial charge >= 0.3 is 11.5 Å². The van der Waals surface area contributed by atoms with Crippen LogP contribution < -0.4 is 0 Å². The average molecular weight is 319 g/mol. The van der Waals surface area contributed by atoms with Crippen molar-refractivity contribution in [2.45, 2.75) is 30.4 Å². The van der Waals surface area contributed by atoms with E-state index in [4.69, 9.17) is 10.00 Å². The maximum absolute atomic E-state index is 12.5. The number of esters is 1. The molecule has 21 heavy (non-hydrogen) atoms. The molecule has 0 bridgehead atoms. The van der Waals surface area contributed by atoms with Crippen LogP contribution in [0, 0.1) is 11.3 Å². The number of carbonyl (C=O) groups is 1. The van der Waals surface area contributed by atoms with Gasteiger partial charge in [0.1, 0.15) is 0 Å². The van der Waals surface area contributed by atoms with E-state index in [-0.39, 0.29) is 28.2 Å². The predicted octanol–water partition coefficient (Wildman–Crippen LogP) is 2.77. The van der Waals surface area contributed by atoms with Crippen LogP contribution in [0.2, 0.25) is 0 Å². The summed E-state index contributed by atoms with van der Waals surface area (Å²) < 4.78 is 42.3. The second-order valence-corrected chi connectivity index (χ2v) is 4.97. The van der Waals surface area contributed by atoms with Crippen LogP contribution in [-0.2, 0) is 22.6 Å². The highest BCUT2D eigenvalue weighted by Crippen LogP contribution is 2.40. The zero-order valence-electron chi connectivity index (χ0n) is 11.0. The maximum atomic E-state index is 12.5. The molecule has 0 aliphatic heterocycles. The predicted molar refractivity (Wildman–Crippen MR) is 69.3 cm³/mol. The number of carbonyl (C=O) groups excluding carboxylic acids is 1. The Hall–Kier alpha value is -1.72. The zero-order valence-corrected chi connectivity index (χ0v) is 11.8. The molecule has 8 heteroatoms. The van der Waals surface area contributed by atoms with Crippen LogP contribution in [0.3, 0.4) is 0 Å². The molecule has 0 saturated heterocycles. The smallest absolute Gasteiger partial charge is 0.446 e. The third-order valence-corrected chi connectivity index (χ3v) is 3.35. The standard InChI is InChI=1S/C13H12F3NO3S/c1-2-20-12(19)5-9-10(7-18)8(6-17)3-4-11(9)21-13(14,15)16/h3-4,18H,2,5,7H2,1H3.